The van der Waals surface area contributed by atoms with Crippen LogP contribution in [0.25, 0.3) is 0 Å². The van der Waals surface area contributed by atoms with Crippen molar-refractivity contribution in [3.8, 4) is 0 Å². The van der Waals surface area contributed by atoms with Crippen molar-refractivity contribution in [2.45, 2.75) is 26.7 Å². The van der Waals surface area contributed by atoms with Gasteiger partial charge in [-0.3, -0.25) is 4.79 Å². The van der Waals surface area contributed by atoms with E-state index in [1.807, 2.05) is 11.4 Å². The van der Waals surface area contributed by atoms with E-state index in [-0.39, 0.29) is 0 Å². The van der Waals surface area contributed by atoms with Gasteiger partial charge in [-0.15, -0.1) is 0 Å². The number of ketones is 1. The number of hydrogen-bond donors (Lipinski definition) is 0. The van der Waals surface area contributed by atoms with Gasteiger partial charge in [0, 0.05) is 19.4 Å². The van der Waals surface area contributed by atoms with Gasteiger partial charge < -0.3 is 4.90 Å². The van der Waals surface area contributed by atoms with Crippen LogP contribution < -0.4 is 0 Å². The minimum atomic E-state index is 0.348. The summed E-state index contributed by atoms with van der Waals surface area (Å²) in [7, 11) is 0. The van der Waals surface area contributed by atoms with Crippen LogP contribution in [0.2, 0.25) is 0 Å². The van der Waals surface area contributed by atoms with Crippen LogP contribution in [0.1, 0.15) is 25.8 Å². The molecule has 0 aromatic carbocycles. The van der Waals surface area contributed by atoms with Gasteiger partial charge in [0.2, 0.25) is 0 Å². The SMILES string of the molecule is CCN(CC)CCC(=O)Cc1ccsc1. The first-order valence-electron chi connectivity index (χ1n) is 5.51. The first-order chi connectivity index (χ1) is 7.26. The van der Waals surface area contributed by atoms with E-state index < -0.39 is 0 Å². The van der Waals surface area contributed by atoms with Crippen LogP contribution in [0, 0.1) is 0 Å². The molecular weight excluding hydrogens is 206 g/mol. The second-order valence-corrected chi connectivity index (χ2v) is 4.40. The van der Waals surface area contributed by atoms with E-state index >= 15 is 0 Å². The van der Waals surface area contributed by atoms with E-state index in [4.69, 9.17) is 0 Å². The molecule has 0 radical (unpaired) electrons. The fraction of sp³-hybridized carbons (Fsp3) is 0.583. The topological polar surface area (TPSA) is 20.3 Å². The molecule has 0 saturated heterocycles. The maximum absolute atomic E-state index is 11.6. The maximum Gasteiger partial charge on any atom is 0.138 e. The third kappa shape index (κ3) is 4.58. The molecular formula is C12H19NOS. The zero-order valence-corrected chi connectivity index (χ0v) is 10.3. The Morgan fingerprint density at radius 3 is 2.67 bits per heavy atom. The van der Waals surface area contributed by atoms with Crippen molar-refractivity contribution in [2.24, 2.45) is 0 Å². The number of carbonyl (C=O) groups is 1. The molecule has 0 spiro atoms. The van der Waals surface area contributed by atoms with Gasteiger partial charge in [0.15, 0.2) is 0 Å². The van der Waals surface area contributed by atoms with Crippen LogP contribution in [0.15, 0.2) is 16.8 Å². The lowest BCUT2D eigenvalue weighted by Gasteiger charge is -2.16. The maximum atomic E-state index is 11.6. The molecule has 0 unspecified atom stereocenters. The Morgan fingerprint density at radius 2 is 2.13 bits per heavy atom. The van der Waals surface area contributed by atoms with Gasteiger partial charge in [-0.2, -0.15) is 11.3 Å². The normalized spacial score (nSPS) is 10.9. The van der Waals surface area contributed by atoms with Gasteiger partial charge in [-0.05, 0) is 35.5 Å². The third-order valence-electron chi connectivity index (χ3n) is 2.58. The first kappa shape index (κ1) is 12.4. The average Bonchev–Trinajstić information content (AvgIpc) is 2.72. The summed E-state index contributed by atoms with van der Waals surface area (Å²) < 4.78 is 0. The summed E-state index contributed by atoms with van der Waals surface area (Å²) in [5, 5.41) is 4.07. The number of Topliss-reactive ketones (excluding diaryl/α,β-unsaturated/α-hetero) is 1. The summed E-state index contributed by atoms with van der Waals surface area (Å²) >= 11 is 1.65. The van der Waals surface area contributed by atoms with Crippen LogP contribution in [0.4, 0.5) is 0 Å². The van der Waals surface area contributed by atoms with E-state index in [0.717, 1.165) is 25.2 Å². The van der Waals surface area contributed by atoms with Crippen molar-refractivity contribution in [2.75, 3.05) is 19.6 Å². The predicted octanol–water partition coefficient (Wildman–Crippen LogP) is 2.59. The van der Waals surface area contributed by atoms with E-state index in [2.05, 4.69) is 24.1 Å². The molecule has 0 amide bonds. The molecule has 1 rings (SSSR count). The molecule has 2 nitrogen and oxygen atoms in total. The monoisotopic (exact) mass is 225 g/mol. The second-order valence-electron chi connectivity index (χ2n) is 3.62. The highest BCUT2D eigenvalue weighted by molar-refractivity contribution is 7.07. The highest BCUT2D eigenvalue weighted by Crippen LogP contribution is 2.08. The average molecular weight is 225 g/mol. The van der Waals surface area contributed by atoms with Crippen molar-refractivity contribution in [1.82, 2.24) is 4.90 Å². The van der Waals surface area contributed by atoms with Gasteiger partial charge in [-0.1, -0.05) is 13.8 Å². The number of carbonyl (C=O) groups excluding carboxylic acids is 1. The Hall–Kier alpha value is -0.670. The zero-order chi connectivity index (χ0) is 11.1. The quantitative estimate of drug-likeness (QED) is 0.711. The predicted molar refractivity (Wildman–Crippen MR) is 65.4 cm³/mol. The van der Waals surface area contributed by atoms with Crippen molar-refractivity contribution < 1.29 is 4.79 Å². The van der Waals surface area contributed by atoms with Crippen LogP contribution in [-0.4, -0.2) is 30.3 Å². The molecule has 0 fully saturated rings. The lowest BCUT2D eigenvalue weighted by atomic mass is 10.1. The van der Waals surface area contributed by atoms with E-state index in [1.165, 1.54) is 0 Å². The molecule has 3 heteroatoms. The molecule has 0 N–H and O–H groups in total. The van der Waals surface area contributed by atoms with Crippen LogP contribution in [0.3, 0.4) is 0 Å². The molecule has 84 valence electrons. The summed E-state index contributed by atoms with van der Waals surface area (Å²) in [4.78, 5) is 13.9. The molecule has 1 aromatic rings. The minimum absolute atomic E-state index is 0.348. The van der Waals surface area contributed by atoms with Gasteiger partial charge >= 0.3 is 0 Å². The standard InChI is InChI=1S/C12H19NOS/c1-3-13(4-2)7-5-12(14)9-11-6-8-15-10-11/h6,8,10H,3-5,7,9H2,1-2H3. The summed E-state index contributed by atoms with van der Waals surface area (Å²) in [6.07, 6.45) is 1.28. The van der Waals surface area contributed by atoms with Crippen LogP contribution in [-0.2, 0) is 11.2 Å². The Bertz CT molecular complexity index is 278. The van der Waals surface area contributed by atoms with Crippen molar-refractivity contribution in [3.63, 3.8) is 0 Å². The van der Waals surface area contributed by atoms with Crippen molar-refractivity contribution in [1.29, 1.82) is 0 Å². The molecule has 1 heterocycles. The molecule has 0 saturated carbocycles. The zero-order valence-electron chi connectivity index (χ0n) is 9.53. The van der Waals surface area contributed by atoms with Crippen LogP contribution in [0.5, 0.6) is 0 Å². The van der Waals surface area contributed by atoms with E-state index in [9.17, 15) is 4.79 Å². The number of nitrogens with zero attached hydrogens (tertiary/aromatic N) is 1. The van der Waals surface area contributed by atoms with Crippen LogP contribution >= 0.6 is 11.3 Å². The van der Waals surface area contributed by atoms with Gasteiger partial charge in [-0.25, -0.2) is 0 Å². The van der Waals surface area contributed by atoms with E-state index in [0.29, 0.717) is 18.6 Å². The largest absolute Gasteiger partial charge is 0.303 e. The summed E-state index contributed by atoms with van der Waals surface area (Å²) in [5.41, 5.74) is 1.16. The summed E-state index contributed by atoms with van der Waals surface area (Å²) in [5.74, 6) is 0.348. The first-order valence-corrected chi connectivity index (χ1v) is 6.45. The Labute approximate surface area is 95.9 Å². The third-order valence-corrected chi connectivity index (χ3v) is 3.31. The Kier molecular flexibility index (Phi) is 5.58. The highest BCUT2D eigenvalue weighted by Gasteiger charge is 2.06. The van der Waals surface area contributed by atoms with Crippen molar-refractivity contribution >= 4 is 17.1 Å². The van der Waals surface area contributed by atoms with Gasteiger partial charge in [0.05, 0.1) is 0 Å². The highest BCUT2D eigenvalue weighted by atomic mass is 32.1. The molecule has 0 atom stereocenters. The summed E-state index contributed by atoms with van der Waals surface area (Å²) in [6.45, 7) is 7.22. The molecule has 15 heavy (non-hydrogen) atoms. The Balaban J connectivity index is 2.24. The lowest BCUT2D eigenvalue weighted by molar-refractivity contribution is -0.118. The second kappa shape index (κ2) is 6.75. The van der Waals surface area contributed by atoms with E-state index in [1.54, 1.807) is 11.3 Å². The molecule has 0 aliphatic heterocycles. The summed E-state index contributed by atoms with van der Waals surface area (Å²) in [6, 6.07) is 2.03. The molecule has 1 aromatic heterocycles. The number of thiophene rings is 1. The van der Waals surface area contributed by atoms with Gasteiger partial charge in [0.1, 0.15) is 5.78 Å². The Morgan fingerprint density at radius 1 is 1.40 bits per heavy atom. The molecule has 0 aliphatic rings. The number of rotatable bonds is 7. The van der Waals surface area contributed by atoms with Crippen molar-refractivity contribution in [3.05, 3.63) is 22.4 Å². The smallest absolute Gasteiger partial charge is 0.138 e. The molecule has 0 bridgehead atoms. The fourth-order valence-corrected chi connectivity index (χ4v) is 2.20. The number of hydrogen-bond acceptors (Lipinski definition) is 3. The minimum Gasteiger partial charge on any atom is -0.303 e. The van der Waals surface area contributed by atoms with Gasteiger partial charge in [0.25, 0.3) is 0 Å². The lowest BCUT2D eigenvalue weighted by Crippen LogP contribution is -2.26. The fourth-order valence-electron chi connectivity index (χ4n) is 1.53. The molecule has 0 aliphatic carbocycles.